The zero-order valence-corrected chi connectivity index (χ0v) is 17.2. The van der Waals surface area contributed by atoms with Crippen molar-refractivity contribution in [1.29, 1.82) is 0 Å². The van der Waals surface area contributed by atoms with E-state index in [0.717, 1.165) is 3.79 Å². The minimum Gasteiger partial charge on any atom is -0.456 e. The van der Waals surface area contributed by atoms with Gasteiger partial charge in [-0.05, 0) is 52.3 Å². The van der Waals surface area contributed by atoms with Gasteiger partial charge in [0.05, 0.1) is 13.6 Å². The molecule has 0 spiro atoms. The molecule has 0 atom stereocenters. The molecule has 0 aliphatic heterocycles. The van der Waals surface area contributed by atoms with Gasteiger partial charge in [-0.3, -0.25) is 14.4 Å². The van der Waals surface area contributed by atoms with E-state index in [2.05, 4.69) is 26.0 Å². The molecule has 144 valence electrons. The minimum absolute atomic E-state index is 0.0797. The number of hydrogen-bond donors (Lipinski definition) is 2. The summed E-state index contributed by atoms with van der Waals surface area (Å²) in [5, 5.41) is 2.51. The van der Waals surface area contributed by atoms with Gasteiger partial charge < -0.3 is 10.1 Å². The molecule has 0 fully saturated rings. The molecule has 0 saturated heterocycles. The van der Waals surface area contributed by atoms with Crippen LogP contribution in [0, 0.1) is 0 Å². The number of ketones is 1. The molecule has 2 rings (SSSR count). The fourth-order valence-electron chi connectivity index (χ4n) is 1.89. The summed E-state index contributed by atoms with van der Waals surface area (Å²) >= 11 is 4.43. The highest BCUT2D eigenvalue weighted by atomic mass is 79.9. The van der Waals surface area contributed by atoms with Crippen LogP contribution in [-0.4, -0.2) is 39.2 Å². The molecule has 0 radical (unpaired) electrons. The predicted molar refractivity (Wildman–Crippen MR) is 103 cm³/mol. The molecule has 0 saturated carbocycles. The van der Waals surface area contributed by atoms with Crippen LogP contribution in [0.2, 0.25) is 0 Å². The van der Waals surface area contributed by atoms with Gasteiger partial charge in [0.1, 0.15) is 6.54 Å². The molecule has 0 aliphatic carbocycles. The summed E-state index contributed by atoms with van der Waals surface area (Å²) in [6.07, 6.45) is 0. The molecule has 1 heterocycles. The number of nitrogens with one attached hydrogen (secondary N) is 2. The van der Waals surface area contributed by atoms with E-state index in [9.17, 15) is 22.8 Å². The first-order valence-corrected chi connectivity index (χ1v) is 10.6. The van der Waals surface area contributed by atoms with E-state index in [-0.39, 0.29) is 16.6 Å². The van der Waals surface area contributed by atoms with Gasteiger partial charge in [0.2, 0.25) is 21.7 Å². The molecule has 0 unspecified atom stereocenters. The van der Waals surface area contributed by atoms with Crippen molar-refractivity contribution < 1.29 is 27.5 Å². The number of benzene rings is 1. The Balaban J connectivity index is 1.85. The number of rotatable bonds is 8. The van der Waals surface area contributed by atoms with Crippen molar-refractivity contribution >= 4 is 60.6 Å². The Morgan fingerprint density at radius 1 is 1.11 bits per heavy atom. The maximum Gasteiger partial charge on any atom is 0.321 e. The van der Waals surface area contributed by atoms with Crippen LogP contribution in [0.4, 0.5) is 5.69 Å². The van der Waals surface area contributed by atoms with E-state index in [1.165, 1.54) is 42.5 Å². The number of halogens is 1. The molecule has 8 nitrogen and oxygen atoms in total. The maximum atomic E-state index is 12.2. The third-order valence-corrected chi connectivity index (χ3v) is 6.19. The summed E-state index contributed by atoms with van der Waals surface area (Å²) in [5.74, 6) is -1.54. The fourth-order valence-corrected chi connectivity index (χ4v) is 4.17. The second kappa shape index (κ2) is 9.22. The van der Waals surface area contributed by atoms with Gasteiger partial charge in [-0.1, -0.05) is 0 Å². The van der Waals surface area contributed by atoms with Gasteiger partial charge in [0, 0.05) is 12.6 Å². The second-order valence-electron chi connectivity index (χ2n) is 5.22. The first-order valence-electron chi connectivity index (χ1n) is 7.49. The number of carbonyl (C=O) groups excluding carboxylic acids is 3. The number of thiophene rings is 1. The zero-order chi connectivity index (χ0) is 20.0. The summed E-state index contributed by atoms with van der Waals surface area (Å²) in [6, 6.07) is 8.72. The van der Waals surface area contributed by atoms with Gasteiger partial charge in [0.25, 0.3) is 0 Å². The lowest BCUT2D eigenvalue weighted by Gasteiger charge is -2.08. The number of ether oxygens (including phenoxy) is 1. The Morgan fingerprint density at radius 2 is 1.78 bits per heavy atom. The SMILES string of the molecule is CC(=O)Nc1ccc(S(=O)(=O)NCC(=O)OCC(=O)c2ccc(Br)s2)cc1. The molecule has 11 heteroatoms. The van der Waals surface area contributed by atoms with Crippen LogP contribution in [0.5, 0.6) is 0 Å². The first kappa shape index (κ1) is 21.2. The number of carbonyl (C=O) groups is 3. The number of sulfonamides is 1. The van der Waals surface area contributed by atoms with Crippen molar-refractivity contribution in [3.05, 3.63) is 45.1 Å². The van der Waals surface area contributed by atoms with Crippen LogP contribution in [-0.2, 0) is 24.3 Å². The Kier molecular flexibility index (Phi) is 7.25. The molecule has 1 aromatic carbocycles. The largest absolute Gasteiger partial charge is 0.456 e. The molecular formula is C16H15BrN2O6S2. The van der Waals surface area contributed by atoms with E-state index < -0.39 is 29.1 Å². The van der Waals surface area contributed by atoms with Crippen molar-refractivity contribution in [2.75, 3.05) is 18.5 Å². The van der Waals surface area contributed by atoms with Crippen LogP contribution in [0.3, 0.4) is 0 Å². The predicted octanol–water partition coefficient (Wildman–Crippen LogP) is 2.17. The van der Waals surface area contributed by atoms with Crippen molar-refractivity contribution in [2.24, 2.45) is 0 Å². The van der Waals surface area contributed by atoms with Crippen LogP contribution in [0.1, 0.15) is 16.6 Å². The topological polar surface area (TPSA) is 119 Å². The van der Waals surface area contributed by atoms with Gasteiger partial charge >= 0.3 is 5.97 Å². The van der Waals surface area contributed by atoms with Crippen molar-refractivity contribution in [3.8, 4) is 0 Å². The molecule has 1 aromatic heterocycles. The lowest BCUT2D eigenvalue weighted by atomic mass is 10.3. The van der Waals surface area contributed by atoms with Crippen LogP contribution >= 0.6 is 27.3 Å². The fraction of sp³-hybridized carbons (Fsp3) is 0.188. The highest BCUT2D eigenvalue weighted by Crippen LogP contribution is 2.22. The van der Waals surface area contributed by atoms with Crippen molar-refractivity contribution in [3.63, 3.8) is 0 Å². The third-order valence-electron chi connectivity index (χ3n) is 3.10. The average molecular weight is 475 g/mol. The molecule has 27 heavy (non-hydrogen) atoms. The molecule has 0 bridgehead atoms. The smallest absolute Gasteiger partial charge is 0.321 e. The Hall–Kier alpha value is -2.08. The van der Waals surface area contributed by atoms with E-state index >= 15 is 0 Å². The van der Waals surface area contributed by atoms with Gasteiger partial charge in [0.15, 0.2) is 6.61 Å². The van der Waals surface area contributed by atoms with Crippen LogP contribution < -0.4 is 10.0 Å². The standard InChI is InChI=1S/C16H15BrN2O6S2/c1-10(20)19-11-2-4-12(5-3-11)27(23,24)18-8-16(22)25-9-13(21)14-6-7-15(17)26-14/h2-7,18H,8-9H2,1H3,(H,19,20). The van der Waals surface area contributed by atoms with E-state index in [0.29, 0.717) is 10.6 Å². The summed E-state index contributed by atoms with van der Waals surface area (Å²) in [4.78, 5) is 34.8. The number of hydrogen-bond acceptors (Lipinski definition) is 7. The summed E-state index contributed by atoms with van der Waals surface area (Å²) < 4.78 is 32.0. The van der Waals surface area contributed by atoms with Gasteiger partial charge in [-0.25, -0.2) is 8.42 Å². The van der Waals surface area contributed by atoms with E-state index in [4.69, 9.17) is 4.74 Å². The highest BCUT2D eigenvalue weighted by Gasteiger charge is 2.17. The number of amides is 1. The quantitative estimate of drug-likeness (QED) is 0.446. The van der Waals surface area contributed by atoms with Crippen LogP contribution in [0.15, 0.2) is 45.1 Å². The van der Waals surface area contributed by atoms with Gasteiger partial charge in [-0.15, -0.1) is 11.3 Å². The normalized spacial score (nSPS) is 11.0. The van der Waals surface area contributed by atoms with Gasteiger partial charge in [-0.2, -0.15) is 4.72 Å². The van der Waals surface area contributed by atoms with Crippen LogP contribution in [0.25, 0.3) is 0 Å². The average Bonchev–Trinajstić information content (AvgIpc) is 3.04. The Morgan fingerprint density at radius 3 is 2.33 bits per heavy atom. The number of anilines is 1. The third kappa shape index (κ3) is 6.54. The minimum atomic E-state index is -3.94. The number of esters is 1. The van der Waals surface area contributed by atoms with E-state index in [1.807, 2.05) is 0 Å². The van der Waals surface area contributed by atoms with Crippen molar-refractivity contribution in [2.45, 2.75) is 11.8 Å². The summed E-state index contributed by atoms with van der Waals surface area (Å²) in [6.45, 7) is 0.246. The van der Waals surface area contributed by atoms with Crippen molar-refractivity contribution in [1.82, 2.24) is 4.72 Å². The molecule has 0 aliphatic rings. The van der Waals surface area contributed by atoms with E-state index in [1.54, 1.807) is 12.1 Å². The summed E-state index contributed by atoms with van der Waals surface area (Å²) in [5.41, 5.74) is 0.444. The monoisotopic (exact) mass is 474 g/mol. The lowest BCUT2D eigenvalue weighted by Crippen LogP contribution is -2.31. The molecule has 2 aromatic rings. The first-order chi connectivity index (χ1) is 12.7. The lowest BCUT2D eigenvalue weighted by molar-refractivity contribution is -0.141. The molecule has 1 amide bonds. The highest BCUT2D eigenvalue weighted by molar-refractivity contribution is 9.11. The molecule has 2 N–H and O–H groups in total. The second-order valence-corrected chi connectivity index (χ2v) is 9.45. The maximum absolute atomic E-state index is 12.2. The Labute approximate surface area is 168 Å². The zero-order valence-electron chi connectivity index (χ0n) is 14.0. The summed E-state index contributed by atoms with van der Waals surface area (Å²) in [7, 11) is -3.94. The Bertz CT molecular complexity index is 954. The molecular weight excluding hydrogens is 460 g/mol. The number of Topliss-reactive ketones (excluding diaryl/α,β-unsaturated/α-hetero) is 1.